The molecule has 1 heterocycles. The van der Waals surface area contributed by atoms with E-state index in [2.05, 4.69) is 5.32 Å². The number of carboxylic acid groups (broad SMARTS) is 1. The van der Waals surface area contributed by atoms with Gasteiger partial charge in [-0.25, -0.2) is 4.79 Å². The highest BCUT2D eigenvalue weighted by Crippen LogP contribution is 2.24. The smallest absolute Gasteiger partial charge is 0.329 e. The van der Waals surface area contributed by atoms with E-state index in [1.54, 1.807) is 25.6 Å². The van der Waals surface area contributed by atoms with Crippen LogP contribution in [0.5, 0.6) is 0 Å². The number of aliphatic carboxylic acids is 1. The van der Waals surface area contributed by atoms with E-state index in [4.69, 9.17) is 5.11 Å². The first-order valence-electron chi connectivity index (χ1n) is 5.13. The molecule has 0 aromatic rings. The molecule has 0 aromatic heterocycles. The Balaban J connectivity index is 2.58. The lowest BCUT2D eigenvalue weighted by atomic mass is 9.97. The van der Waals surface area contributed by atoms with Crippen LogP contribution in [-0.4, -0.2) is 34.0 Å². The summed E-state index contributed by atoms with van der Waals surface area (Å²) >= 11 is 1.74. The Hall–Kier alpha value is -0.710. The Bertz CT molecular complexity index is 263. The summed E-state index contributed by atoms with van der Waals surface area (Å²) in [5.41, 5.74) is -1.12. The van der Waals surface area contributed by atoms with Gasteiger partial charge in [-0.05, 0) is 25.5 Å². The summed E-state index contributed by atoms with van der Waals surface area (Å²) in [5.74, 6) is 0.704. The van der Waals surface area contributed by atoms with Crippen molar-refractivity contribution < 1.29 is 14.7 Å². The normalized spacial score (nSPS) is 24.5. The third-order valence-corrected chi connectivity index (χ3v) is 4.04. The monoisotopic (exact) mass is 231 g/mol. The number of nitrogens with one attached hydrogen (secondary N) is 1. The van der Waals surface area contributed by atoms with Crippen molar-refractivity contribution in [2.24, 2.45) is 5.92 Å². The molecular weight excluding hydrogens is 214 g/mol. The largest absolute Gasteiger partial charge is 0.480 e. The van der Waals surface area contributed by atoms with E-state index in [0.29, 0.717) is 6.42 Å². The third kappa shape index (κ3) is 2.87. The Labute approximate surface area is 93.8 Å². The summed E-state index contributed by atoms with van der Waals surface area (Å²) < 4.78 is 0. The zero-order chi connectivity index (χ0) is 11.5. The molecule has 0 bridgehead atoms. The zero-order valence-corrected chi connectivity index (χ0v) is 9.89. The predicted octanol–water partition coefficient (Wildman–Crippen LogP) is 1.11. The van der Waals surface area contributed by atoms with Crippen molar-refractivity contribution in [2.45, 2.75) is 32.2 Å². The van der Waals surface area contributed by atoms with Gasteiger partial charge in [-0.1, -0.05) is 6.92 Å². The fraction of sp³-hybridized carbons (Fsp3) is 0.800. The van der Waals surface area contributed by atoms with Crippen LogP contribution in [0, 0.1) is 5.92 Å². The van der Waals surface area contributed by atoms with Gasteiger partial charge in [-0.15, -0.1) is 0 Å². The van der Waals surface area contributed by atoms with Gasteiger partial charge in [0, 0.05) is 11.7 Å². The Morgan fingerprint density at radius 1 is 1.60 bits per heavy atom. The van der Waals surface area contributed by atoms with Gasteiger partial charge in [0.1, 0.15) is 5.54 Å². The Kier molecular flexibility index (Phi) is 4.02. The second-order valence-corrected chi connectivity index (χ2v) is 5.19. The van der Waals surface area contributed by atoms with Crippen molar-refractivity contribution in [3.05, 3.63) is 0 Å². The van der Waals surface area contributed by atoms with Crippen LogP contribution in [0.25, 0.3) is 0 Å². The summed E-state index contributed by atoms with van der Waals surface area (Å²) in [4.78, 5) is 22.7. The summed E-state index contributed by atoms with van der Waals surface area (Å²) in [6.07, 6.45) is 1.25. The molecule has 1 fully saturated rings. The fourth-order valence-electron chi connectivity index (χ4n) is 1.41. The first-order valence-corrected chi connectivity index (χ1v) is 6.28. The molecule has 4 nitrogen and oxygen atoms in total. The average Bonchev–Trinajstić information content (AvgIpc) is 2.70. The maximum Gasteiger partial charge on any atom is 0.329 e. The van der Waals surface area contributed by atoms with E-state index in [1.807, 2.05) is 0 Å². The van der Waals surface area contributed by atoms with Crippen LogP contribution in [0.1, 0.15) is 26.7 Å². The van der Waals surface area contributed by atoms with E-state index in [9.17, 15) is 9.59 Å². The maximum absolute atomic E-state index is 11.7. The average molecular weight is 231 g/mol. The molecule has 0 radical (unpaired) electrons. The molecule has 0 aliphatic carbocycles. The molecular formula is C10H17NO3S. The molecule has 2 N–H and O–H groups in total. The van der Waals surface area contributed by atoms with Crippen LogP contribution in [0.2, 0.25) is 0 Å². The third-order valence-electron chi connectivity index (χ3n) is 2.88. The molecule has 0 saturated carbocycles. The van der Waals surface area contributed by atoms with Gasteiger partial charge in [0.05, 0.1) is 0 Å². The SMILES string of the molecule is CCC(C)(NC(=O)C1CCSC1)C(=O)O. The predicted molar refractivity (Wildman–Crippen MR) is 59.9 cm³/mol. The van der Waals surface area contributed by atoms with Crippen LogP contribution < -0.4 is 5.32 Å². The lowest BCUT2D eigenvalue weighted by Gasteiger charge is -2.26. The van der Waals surface area contributed by atoms with Crippen LogP contribution in [-0.2, 0) is 9.59 Å². The minimum absolute atomic E-state index is 0.0137. The van der Waals surface area contributed by atoms with Gasteiger partial charge in [-0.3, -0.25) is 4.79 Å². The van der Waals surface area contributed by atoms with E-state index in [1.165, 1.54) is 0 Å². The zero-order valence-electron chi connectivity index (χ0n) is 9.08. The van der Waals surface area contributed by atoms with E-state index in [0.717, 1.165) is 17.9 Å². The molecule has 86 valence electrons. The topological polar surface area (TPSA) is 66.4 Å². The molecule has 5 heteroatoms. The number of carboxylic acids is 1. The lowest BCUT2D eigenvalue weighted by molar-refractivity contribution is -0.147. The van der Waals surface area contributed by atoms with Crippen LogP contribution in [0.15, 0.2) is 0 Å². The maximum atomic E-state index is 11.7. The van der Waals surface area contributed by atoms with Crippen molar-refractivity contribution in [1.82, 2.24) is 5.32 Å². The summed E-state index contributed by atoms with van der Waals surface area (Å²) in [6, 6.07) is 0. The number of hydrogen-bond donors (Lipinski definition) is 2. The van der Waals surface area contributed by atoms with Gasteiger partial charge in [0.15, 0.2) is 0 Å². The minimum Gasteiger partial charge on any atom is -0.480 e. The molecule has 0 spiro atoms. The molecule has 1 saturated heterocycles. The highest BCUT2D eigenvalue weighted by molar-refractivity contribution is 7.99. The lowest BCUT2D eigenvalue weighted by Crippen LogP contribution is -2.53. The van der Waals surface area contributed by atoms with Gasteiger partial charge in [0.25, 0.3) is 0 Å². The second kappa shape index (κ2) is 4.88. The Morgan fingerprint density at radius 2 is 2.27 bits per heavy atom. The number of carbonyl (C=O) groups excluding carboxylic acids is 1. The summed E-state index contributed by atoms with van der Waals surface area (Å²) in [7, 11) is 0. The molecule has 1 amide bonds. The molecule has 1 aliphatic heterocycles. The molecule has 0 aromatic carbocycles. The molecule has 1 aliphatic rings. The Morgan fingerprint density at radius 3 is 2.67 bits per heavy atom. The van der Waals surface area contributed by atoms with Crippen molar-refractivity contribution >= 4 is 23.6 Å². The van der Waals surface area contributed by atoms with Gasteiger partial charge < -0.3 is 10.4 Å². The van der Waals surface area contributed by atoms with Crippen molar-refractivity contribution in [1.29, 1.82) is 0 Å². The van der Waals surface area contributed by atoms with Crippen LogP contribution >= 0.6 is 11.8 Å². The van der Waals surface area contributed by atoms with E-state index in [-0.39, 0.29) is 11.8 Å². The number of thioether (sulfide) groups is 1. The quantitative estimate of drug-likeness (QED) is 0.760. The van der Waals surface area contributed by atoms with Crippen molar-refractivity contribution in [3.63, 3.8) is 0 Å². The first-order chi connectivity index (χ1) is 6.99. The minimum atomic E-state index is -1.12. The number of hydrogen-bond acceptors (Lipinski definition) is 3. The van der Waals surface area contributed by atoms with E-state index >= 15 is 0 Å². The van der Waals surface area contributed by atoms with Gasteiger partial charge >= 0.3 is 5.97 Å². The standard InChI is InChI=1S/C10H17NO3S/c1-3-10(2,9(13)14)11-8(12)7-4-5-15-6-7/h7H,3-6H2,1-2H3,(H,11,12)(H,13,14). The summed E-state index contributed by atoms with van der Waals surface area (Å²) in [6.45, 7) is 3.31. The first kappa shape index (κ1) is 12.4. The number of carbonyl (C=O) groups is 2. The molecule has 1 rings (SSSR count). The highest BCUT2D eigenvalue weighted by Gasteiger charge is 2.35. The number of rotatable bonds is 4. The van der Waals surface area contributed by atoms with Crippen LogP contribution in [0.4, 0.5) is 0 Å². The molecule has 15 heavy (non-hydrogen) atoms. The van der Waals surface area contributed by atoms with Crippen molar-refractivity contribution in [3.8, 4) is 0 Å². The molecule has 2 unspecified atom stereocenters. The van der Waals surface area contributed by atoms with E-state index < -0.39 is 11.5 Å². The number of amides is 1. The summed E-state index contributed by atoms with van der Waals surface area (Å²) in [5, 5.41) is 11.6. The molecule has 2 atom stereocenters. The van der Waals surface area contributed by atoms with Gasteiger partial charge in [0.2, 0.25) is 5.91 Å². The highest BCUT2D eigenvalue weighted by atomic mass is 32.2. The van der Waals surface area contributed by atoms with Crippen molar-refractivity contribution in [2.75, 3.05) is 11.5 Å². The fourth-order valence-corrected chi connectivity index (χ4v) is 2.63. The second-order valence-electron chi connectivity index (χ2n) is 4.04. The van der Waals surface area contributed by atoms with Crippen LogP contribution in [0.3, 0.4) is 0 Å². The van der Waals surface area contributed by atoms with Gasteiger partial charge in [-0.2, -0.15) is 11.8 Å².